The van der Waals surface area contributed by atoms with Crippen molar-refractivity contribution in [1.29, 1.82) is 0 Å². The highest BCUT2D eigenvalue weighted by Gasteiger charge is 2.04. The summed E-state index contributed by atoms with van der Waals surface area (Å²) < 4.78 is 1.66. The van der Waals surface area contributed by atoms with E-state index >= 15 is 0 Å². The van der Waals surface area contributed by atoms with Crippen molar-refractivity contribution in [1.82, 2.24) is 9.55 Å². The molecule has 0 saturated heterocycles. The average Bonchev–Trinajstić information content (AvgIpc) is 2.21. The SMILES string of the molecule is CCC(O)CCCn1c(C)nc(C)cc1=O. The highest BCUT2D eigenvalue weighted by molar-refractivity contribution is 5.01. The van der Waals surface area contributed by atoms with Gasteiger partial charge in [0.1, 0.15) is 5.82 Å². The molecule has 4 heteroatoms. The normalized spacial score (nSPS) is 12.8. The molecule has 4 nitrogen and oxygen atoms in total. The van der Waals surface area contributed by atoms with Crippen molar-refractivity contribution in [3.05, 3.63) is 27.9 Å². The summed E-state index contributed by atoms with van der Waals surface area (Å²) in [6.45, 7) is 6.24. The zero-order chi connectivity index (χ0) is 12.1. The standard InChI is InChI=1S/C12H20N2O2/c1-4-11(15)6-5-7-14-10(3)13-9(2)8-12(14)16/h8,11,15H,4-7H2,1-3H3. The number of hydrogen-bond acceptors (Lipinski definition) is 3. The molecule has 1 unspecified atom stereocenters. The van der Waals surface area contributed by atoms with Gasteiger partial charge in [-0.25, -0.2) is 4.98 Å². The molecule has 0 amide bonds. The molecule has 90 valence electrons. The Kier molecular flexibility index (Phi) is 4.68. The van der Waals surface area contributed by atoms with Gasteiger partial charge in [-0.05, 0) is 33.1 Å². The van der Waals surface area contributed by atoms with Gasteiger partial charge in [-0.1, -0.05) is 6.92 Å². The largest absolute Gasteiger partial charge is 0.393 e. The lowest BCUT2D eigenvalue weighted by Crippen LogP contribution is -2.24. The smallest absolute Gasteiger partial charge is 0.253 e. The quantitative estimate of drug-likeness (QED) is 0.822. The lowest BCUT2D eigenvalue weighted by molar-refractivity contribution is 0.155. The Morgan fingerprint density at radius 2 is 2.19 bits per heavy atom. The zero-order valence-electron chi connectivity index (χ0n) is 10.2. The van der Waals surface area contributed by atoms with Gasteiger partial charge in [0.15, 0.2) is 0 Å². The number of aryl methyl sites for hydroxylation is 2. The molecule has 1 aromatic heterocycles. The first-order valence-corrected chi connectivity index (χ1v) is 5.77. The van der Waals surface area contributed by atoms with E-state index in [4.69, 9.17) is 0 Å². The number of nitrogens with zero attached hydrogens (tertiary/aromatic N) is 2. The first kappa shape index (κ1) is 12.9. The molecule has 16 heavy (non-hydrogen) atoms. The van der Waals surface area contributed by atoms with E-state index in [0.29, 0.717) is 6.54 Å². The minimum Gasteiger partial charge on any atom is -0.393 e. The first-order valence-electron chi connectivity index (χ1n) is 5.77. The van der Waals surface area contributed by atoms with Crippen LogP contribution in [0.5, 0.6) is 0 Å². The van der Waals surface area contributed by atoms with Crippen LogP contribution in [0, 0.1) is 13.8 Å². The highest BCUT2D eigenvalue weighted by atomic mass is 16.3. The minimum absolute atomic E-state index is 0.00371. The van der Waals surface area contributed by atoms with E-state index in [9.17, 15) is 9.90 Å². The van der Waals surface area contributed by atoms with Crippen LogP contribution >= 0.6 is 0 Å². The van der Waals surface area contributed by atoms with Crippen molar-refractivity contribution in [3.63, 3.8) is 0 Å². The summed E-state index contributed by atoms with van der Waals surface area (Å²) in [4.78, 5) is 15.9. The Morgan fingerprint density at radius 3 is 2.75 bits per heavy atom. The highest BCUT2D eigenvalue weighted by Crippen LogP contribution is 2.03. The molecule has 1 aromatic rings. The minimum atomic E-state index is -0.255. The number of aliphatic hydroxyl groups is 1. The van der Waals surface area contributed by atoms with Gasteiger partial charge in [0, 0.05) is 18.3 Å². The molecule has 0 bridgehead atoms. The van der Waals surface area contributed by atoms with Crippen LogP contribution < -0.4 is 5.56 Å². The van der Waals surface area contributed by atoms with Gasteiger partial charge in [0.05, 0.1) is 6.10 Å². The van der Waals surface area contributed by atoms with Crippen LogP contribution in [-0.4, -0.2) is 20.8 Å². The van der Waals surface area contributed by atoms with Gasteiger partial charge in [-0.3, -0.25) is 9.36 Å². The second-order valence-corrected chi connectivity index (χ2v) is 4.14. The van der Waals surface area contributed by atoms with Gasteiger partial charge < -0.3 is 5.11 Å². The van der Waals surface area contributed by atoms with Gasteiger partial charge in [0.2, 0.25) is 0 Å². The summed E-state index contributed by atoms with van der Waals surface area (Å²) in [5, 5.41) is 9.42. The molecule has 0 radical (unpaired) electrons. The molecular weight excluding hydrogens is 204 g/mol. The van der Waals surface area contributed by atoms with Crippen LogP contribution in [0.4, 0.5) is 0 Å². The summed E-state index contributed by atoms with van der Waals surface area (Å²) in [5.41, 5.74) is 0.753. The van der Waals surface area contributed by atoms with Crippen molar-refractivity contribution < 1.29 is 5.11 Å². The van der Waals surface area contributed by atoms with Crippen LogP contribution in [0.25, 0.3) is 0 Å². The molecular formula is C12H20N2O2. The Bertz CT molecular complexity index is 398. The van der Waals surface area contributed by atoms with Crippen molar-refractivity contribution in [2.24, 2.45) is 0 Å². The lowest BCUT2D eigenvalue weighted by atomic mass is 10.1. The Hall–Kier alpha value is -1.16. The third-order valence-electron chi connectivity index (χ3n) is 2.72. The fourth-order valence-electron chi connectivity index (χ4n) is 1.73. The summed E-state index contributed by atoms with van der Waals surface area (Å²) >= 11 is 0. The van der Waals surface area contributed by atoms with Crippen LogP contribution in [0.1, 0.15) is 37.7 Å². The van der Waals surface area contributed by atoms with Gasteiger partial charge in [-0.2, -0.15) is 0 Å². The van der Waals surface area contributed by atoms with E-state index in [1.54, 1.807) is 10.6 Å². The molecule has 0 aliphatic heterocycles. The van der Waals surface area contributed by atoms with Crippen molar-refractivity contribution in [3.8, 4) is 0 Å². The first-order chi connectivity index (χ1) is 7.54. The zero-order valence-corrected chi connectivity index (χ0v) is 10.2. The van der Waals surface area contributed by atoms with Gasteiger partial charge in [0.25, 0.3) is 5.56 Å². The number of aliphatic hydroxyl groups excluding tert-OH is 1. The summed E-state index contributed by atoms with van der Waals surface area (Å²) in [7, 11) is 0. The molecule has 1 heterocycles. The average molecular weight is 224 g/mol. The van der Waals surface area contributed by atoms with Crippen LogP contribution in [0.3, 0.4) is 0 Å². The maximum Gasteiger partial charge on any atom is 0.253 e. The van der Waals surface area contributed by atoms with E-state index in [1.807, 2.05) is 20.8 Å². The number of aromatic nitrogens is 2. The molecule has 0 spiro atoms. The summed E-state index contributed by atoms with van der Waals surface area (Å²) in [6, 6.07) is 1.54. The maximum atomic E-state index is 11.7. The topological polar surface area (TPSA) is 55.1 Å². The molecule has 0 fully saturated rings. The van der Waals surface area contributed by atoms with Crippen molar-refractivity contribution >= 4 is 0 Å². The van der Waals surface area contributed by atoms with Crippen molar-refractivity contribution in [2.45, 2.75) is 52.7 Å². The lowest BCUT2D eigenvalue weighted by Gasteiger charge is -2.11. The van der Waals surface area contributed by atoms with E-state index in [0.717, 1.165) is 30.8 Å². The molecule has 0 aromatic carbocycles. The van der Waals surface area contributed by atoms with E-state index in [1.165, 1.54) is 0 Å². The molecule has 1 atom stereocenters. The Morgan fingerprint density at radius 1 is 1.50 bits per heavy atom. The fraction of sp³-hybridized carbons (Fsp3) is 0.667. The number of rotatable bonds is 5. The number of hydrogen-bond donors (Lipinski definition) is 1. The monoisotopic (exact) mass is 224 g/mol. The van der Waals surface area contributed by atoms with Crippen molar-refractivity contribution in [2.75, 3.05) is 0 Å². The van der Waals surface area contributed by atoms with Crippen LogP contribution in [0.15, 0.2) is 10.9 Å². The Labute approximate surface area is 96.0 Å². The van der Waals surface area contributed by atoms with E-state index in [2.05, 4.69) is 4.98 Å². The second kappa shape index (κ2) is 5.80. The molecule has 0 aliphatic rings. The summed E-state index contributed by atoms with van der Waals surface area (Å²) in [5.74, 6) is 0.746. The van der Waals surface area contributed by atoms with E-state index < -0.39 is 0 Å². The van der Waals surface area contributed by atoms with Gasteiger partial charge >= 0.3 is 0 Å². The fourth-order valence-corrected chi connectivity index (χ4v) is 1.73. The maximum absolute atomic E-state index is 11.7. The predicted molar refractivity (Wildman–Crippen MR) is 63.5 cm³/mol. The molecule has 1 rings (SSSR count). The molecule has 1 N–H and O–H groups in total. The third-order valence-corrected chi connectivity index (χ3v) is 2.72. The van der Waals surface area contributed by atoms with Crippen LogP contribution in [0.2, 0.25) is 0 Å². The third kappa shape index (κ3) is 3.45. The van der Waals surface area contributed by atoms with Crippen LogP contribution in [-0.2, 0) is 6.54 Å². The second-order valence-electron chi connectivity index (χ2n) is 4.14. The summed E-state index contributed by atoms with van der Waals surface area (Å²) in [6.07, 6.45) is 2.05. The van der Waals surface area contributed by atoms with Gasteiger partial charge in [-0.15, -0.1) is 0 Å². The Balaban J connectivity index is 2.64. The molecule has 0 aliphatic carbocycles. The van der Waals surface area contributed by atoms with E-state index in [-0.39, 0.29) is 11.7 Å². The predicted octanol–water partition coefficient (Wildman–Crippen LogP) is 1.41. The molecule has 0 saturated carbocycles.